The van der Waals surface area contributed by atoms with Crippen molar-refractivity contribution in [2.75, 3.05) is 6.61 Å². The van der Waals surface area contributed by atoms with E-state index in [9.17, 15) is 0 Å². The summed E-state index contributed by atoms with van der Waals surface area (Å²) < 4.78 is 5.83. The molecule has 2 aromatic rings. The highest BCUT2D eigenvalue weighted by atomic mass is 16.5. The number of ether oxygens (including phenoxy) is 1. The fourth-order valence-electron chi connectivity index (χ4n) is 2.57. The normalized spacial score (nSPS) is 12.2. The molecule has 0 spiro atoms. The lowest BCUT2D eigenvalue weighted by Crippen LogP contribution is -1.96. The Bertz CT molecular complexity index is 765. The van der Waals surface area contributed by atoms with Crippen molar-refractivity contribution < 1.29 is 4.74 Å². The van der Waals surface area contributed by atoms with Crippen LogP contribution in [0.1, 0.15) is 27.8 Å². The van der Waals surface area contributed by atoms with Crippen LogP contribution in [0, 0.1) is 11.3 Å². The molecule has 0 bridgehead atoms. The van der Waals surface area contributed by atoms with Gasteiger partial charge in [0.1, 0.15) is 12.4 Å². The maximum absolute atomic E-state index is 9.08. The lowest BCUT2D eigenvalue weighted by atomic mass is 9.98. The molecular formula is C19H15NO. The molecule has 102 valence electrons. The van der Waals surface area contributed by atoms with Crippen molar-refractivity contribution >= 4 is 11.8 Å². The van der Waals surface area contributed by atoms with Gasteiger partial charge >= 0.3 is 0 Å². The minimum Gasteiger partial charge on any atom is -0.489 e. The first kappa shape index (κ1) is 13.2. The molecule has 0 saturated carbocycles. The summed E-state index contributed by atoms with van der Waals surface area (Å²) in [5.41, 5.74) is 5.26. The highest BCUT2D eigenvalue weighted by molar-refractivity contribution is 5.82. The molecule has 0 fully saturated rings. The van der Waals surface area contributed by atoms with Gasteiger partial charge in [0.2, 0.25) is 0 Å². The summed E-state index contributed by atoms with van der Waals surface area (Å²) in [4.78, 5) is 0. The van der Waals surface area contributed by atoms with Crippen LogP contribution in [0.5, 0.6) is 0 Å². The molecule has 0 unspecified atom stereocenters. The molecule has 0 radical (unpaired) electrons. The second-order valence-electron chi connectivity index (χ2n) is 4.97. The molecule has 2 aromatic carbocycles. The molecule has 0 aromatic heterocycles. The van der Waals surface area contributed by atoms with E-state index in [1.165, 1.54) is 11.1 Å². The molecule has 2 nitrogen and oxygen atoms in total. The van der Waals surface area contributed by atoms with Crippen LogP contribution in [0.4, 0.5) is 0 Å². The molecule has 3 rings (SSSR count). The van der Waals surface area contributed by atoms with E-state index in [1.807, 2.05) is 36.4 Å². The highest BCUT2D eigenvalue weighted by Crippen LogP contribution is 2.31. The van der Waals surface area contributed by atoms with Crippen molar-refractivity contribution in [2.45, 2.75) is 6.42 Å². The van der Waals surface area contributed by atoms with Gasteiger partial charge in [-0.15, -0.1) is 0 Å². The Kier molecular flexibility index (Phi) is 3.57. The van der Waals surface area contributed by atoms with Crippen molar-refractivity contribution in [3.63, 3.8) is 0 Å². The van der Waals surface area contributed by atoms with Crippen LogP contribution in [0.15, 0.2) is 55.1 Å². The monoisotopic (exact) mass is 273 g/mol. The van der Waals surface area contributed by atoms with Gasteiger partial charge in [-0.25, -0.2) is 0 Å². The molecule has 0 saturated heterocycles. The zero-order chi connectivity index (χ0) is 14.7. The summed E-state index contributed by atoms with van der Waals surface area (Å²) in [6.45, 7) is 4.17. The predicted octanol–water partition coefficient (Wildman–Crippen LogP) is 4.16. The molecular weight excluding hydrogens is 258 g/mol. The van der Waals surface area contributed by atoms with Gasteiger partial charge in [0.25, 0.3) is 0 Å². The number of rotatable bonds is 3. The first-order valence-electron chi connectivity index (χ1n) is 6.88. The third kappa shape index (κ3) is 2.59. The average molecular weight is 273 g/mol. The zero-order valence-corrected chi connectivity index (χ0v) is 11.7. The SMILES string of the molecule is C=CCOC1=Cc2cc(C#N)ccc2Cc2ccccc21. The smallest absolute Gasteiger partial charge is 0.127 e. The van der Waals surface area contributed by atoms with Crippen LogP contribution in [0.2, 0.25) is 0 Å². The van der Waals surface area contributed by atoms with Gasteiger partial charge in [0, 0.05) is 5.56 Å². The Hall–Kier alpha value is -2.79. The van der Waals surface area contributed by atoms with Crippen molar-refractivity contribution in [2.24, 2.45) is 0 Å². The van der Waals surface area contributed by atoms with E-state index in [1.54, 1.807) is 6.08 Å². The van der Waals surface area contributed by atoms with Crippen LogP contribution < -0.4 is 0 Å². The quantitative estimate of drug-likeness (QED) is 0.786. The molecule has 0 atom stereocenters. The Morgan fingerprint density at radius 3 is 2.86 bits per heavy atom. The van der Waals surface area contributed by atoms with E-state index in [0.29, 0.717) is 12.2 Å². The number of hydrogen-bond acceptors (Lipinski definition) is 2. The van der Waals surface area contributed by atoms with Crippen molar-refractivity contribution in [1.82, 2.24) is 0 Å². The molecule has 21 heavy (non-hydrogen) atoms. The Morgan fingerprint density at radius 1 is 1.19 bits per heavy atom. The van der Waals surface area contributed by atoms with E-state index in [2.05, 4.69) is 24.8 Å². The molecule has 0 N–H and O–H groups in total. The molecule has 1 aliphatic rings. The maximum Gasteiger partial charge on any atom is 0.127 e. The van der Waals surface area contributed by atoms with E-state index in [-0.39, 0.29) is 0 Å². The predicted molar refractivity (Wildman–Crippen MR) is 84.4 cm³/mol. The second-order valence-corrected chi connectivity index (χ2v) is 4.97. The second kappa shape index (κ2) is 5.68. The molecule has 1 aliphatic carbocycles. The maximum atomic E-state index is 9.08. The molecule has 0 heterocycles. The van der Waals surface area contributed by atoms with Crippen molar-refractivity contribution in [3.8, 4) is 6.07 Å². The van der Waals surface area contributed by atoms with Crippen LogP contribution in [0.25, 0.3) is 11.8 Å². The van der Waals surface area contributed by atoms with Crippen molar-refractivity contribution in [1.29, 1.82) is 5.26 Å². The summed E-state index contributed by atoms with van der Waals surface area (Å²) in [6.07, 6.45) is 4.60. The molecule has 2 heteroatoms. The van der Waals surface area contributed by atoms with Gasteiger partial charge in [0.15, 0.2) is 0 Å². The van der Waals surface area contributed by atoms with Gasteiger partial charge in [-0.1, -0.05) is 43.0 Å². The van der Waals surface area contributed by atoms with E-state index >= 15 is 0 Å². The van der Waals surface area contributed by atoms with Crippen molar-refractivity contribution in [3.05, 3.63) is 82.9 Å². The number of nitrogens with zero attached hydrogens (tertiary/aromatic N) is 1. The van der Waals surface area contributed by atoms with E-state index < -0.39 is 0 Å². The van der Waals surface area contributed by atoms with Gasteiger partial charge < -0.3 is 4.74 Å². The van der Waals surface area contributed by atoms with Gasteiger partial charge in [-0.3, -0.25) is 0 Å². The van der Waals surface area contributed by atoms with Gasteiger partial charge in [-0.05, 0) is 41.3 Å². The van der Waals surface area contributed by atoms with Crippen LogP contribution in [-0.4, -0.2) is 6.61 Å². The summed E-state index contributed by atoms with van der Waals surface area (Å²) in [7, 11) is 0. The minimum absolute atomic E-state index is 0.466. The number of nitriles is 1. The fraction of sp³-hybridized carbons (Fsp3) is 0.105. The summed E-state index contributed by atoms with van der Waals surface area (Å²) in [5, 5.41) is 9.08. The molecule has 0 amide bonds. The summed E-state index contributed by atoms with van der Waals surface area (Å²) >= 11 is 0. The first-order chi connectivity index (χ1) is 10.3. The summed E-state index contributed by atoms with van der Waals surface area (Å²) in [5.74, 6) is 0.833. The lowest BCUT2D eigenvalue weighted by Gasteiger charge is -2.11. The lowest BCUT2D eigenvalue weighted by molar-refractivity contribution is 0.322. The average Bonchev–Trinajstić information content (AvgIpc) is 2.68. The molecule has 0 aliphatic heterocycles. The number of hydrogen-bond donors (Lipinski definition) is 0. The number of benzene rings is 2. The minimum atomic E-state index is 0.466. The fourth-order valence-corrected chi connectivity index (χ4v) is 2.57. The first-order valence-corrected chi connectivity index (χ1v) is 6.88. The van der Waals surface area contributed by atoms with Crippen LogP contribution in [-0.2, 0) is 11.2 Å². The standard InChI is InChI=1S/C19H15NO/c1-2-9-21-19-12-17-10-14(13-20)7-8-15(17)11-16-5-3-4-6-18(16)19/h2-8,10,12H,1,9,11H2. The van der Waals surface area contributed by atoms with Gasteiger partial charge in [0.05, 0.1) is 11.6 Å². The van der Waals surface area contributed by atoms with E-state index in [4.69, 9.17) is 10.00 Å². The third-order valence-corrected chi connectivity index (χ3v) is 3.58. The Labute approximate surface area is 124 Å². The zero-order valence-electron chi connectivity index (χ0n) is 11.7. The van der Waals surface area contributed by atoms with Crippen LogP contribution in [0.3, 0.4) is 0 Å². The van der Waals surface area contributed by atoms with Crippen LogP contribution >= 0.6 is 0 Å². The highest BCUT2D eigenvalue weighted by Gasteiger charge is 2.16. The largest absolute Gasteiger partial charge is 0.489 e. The Morgan fingerprint density at radius 2 is 2.05 bits per heavy atom. The Balaban J connectivity index is 2.16. The summed E-state index contributed by atoms with van der Waals surface area (Å²) in [6, 6.07) is 16.2. The number of fused-ring (bicyclic) bond motifs is 2. The topological polar surface area (TPSA) is 33.0 Å². The van der Waals surface area contributed by atoms with E-state index in [0.717, 1.165) is 23.3 Å². The van der Waals surface area contributed by atoms with Gasteiger partial charge in [-0.2, -0.15) is 5.26 Å². The third-order valence-electron chi connectivity index (χ3n) is 3.58.